The van der Waals surface area contributed by atoms with Gasteiger partial charge < -0.3 is 10.1 Å². The highest BCUT2D eigenvalue weighted by Crippen LogP contribution is 2.28. The lowest BCUT2D eigenvalue weighted by molar-refractivity contribution is -0.106. The summed E-state index contributed by atoms with van der Waals surface area (Å²) in [5.74, 6) is 0. The first-order chi connectivity index (χ1) is 12.9. The largest absolute Gasteiger partial charge is 0.377 e. The Kier molecular flexibility index (Phi) is 5.05. The number of rotatable bonds is 6. The summed E-state index contributed by atoms with van der Waals surface area (Å²) in [5.41, 5.74) is 2.92. The summed E-state index contributed by atoms with van der Waals surface area (Å²) < 4.78 is 24.9. The van der Waals surface area contributed by atoms with Crippen LogP contribution >= 0.6 is 0 Å². The molecule has 0 aliphatic carbocycles. The molecule has 0 fully saturated rings. The van der Waals surface area contributed by atoms with Gasteiger partial charge in [-0.2, -0.15) is 10.4 Å². The molecule has 0 aliphatic rings. The van der Waals surface area contributed by atoms with Gasteiger partial charge in [0.15, 0.2) is 15.5 Å². The number of carbonyl (C=O) groups excluding carboxylic acids is 1. The smallest absolute Gasteiger partial charge is 0.175 e. The molecular formula is C19H16N4O3S. The number of benzene rings is 2. The zero-order chi connectivity index (χ0) is 19.4. The Morgan fingerprint density at radius 2 is 1.89 bits per heavy atom. The SMILES string of the molecule is CS(=O)(=O)c1ccc(-c2cc(C#N)nn2-c2ccccc2NCC=O)cc1. The minimum atomic E-state index is -3.30. The van der Waals surface area contributed by atoms with Crippen molar-refractivity contribution in [2.75, 3.05) is 18.1 Å². The topological polar surface area (TPSA) is 105 Å². The van der Waals surface area contributed by atoms with Crippen molar-refractivity contribution in [2.24, 2.45) is 0 Å². The van der Waals surface area contributed by atoms with Crippen LogP contribution in [0.25, 0.3) is 16.9 Å². The third-order valence-corrected chi connectivity index (χ3v) is 5.04. The third-order valence-electron chi connectivity index (χ3n) is 3.91. The van der Waals surface area contributed by atoms with Crippen molar-refractivity contribution in [2.45, 2.75) is 4.90 Å². The van der Waals surface area contributed by atoms with E-state index in [0.29, 0.717) is 22.6 Å². The van der Waals surface area contributed by atoms with E-state index in [-0.39, 0.29) is 17.1 Å². The van der Waals surface area contributed by atoms with Crippen LogP contribution in [-0.4, -0.2) is 37.3 Å². The van der Waals surface area contributed by atoms with E-state index in [2.05, 4.69) is 10.4 Å². The van der Waals surface area contributed by atoms with Gasteiger partial charge in [-0.15, -0.1) is 0 Å². The van der Waals surface area contributed by atoms with Crippen molar-refractivity contribution in [1.29, 1.82) is 5.26 Å². The predicted molar refractivity (Wildman–Crippen MR) is 101 cm³/mol. The minimum absolute atomic E-state index is 0.141. The van der Waals surface area contributed by atoms with Gasteiger partial charge in [-0.1, -0.05) is 24.3 Å². The van der Waals surface area contributed by atoms with E-state index < -0.39 is 9.84 Å². The van der Waals surface area contributed by atoms with Crippen molar-refractivity contribution >= 4 is 21.8 Å². The van der Waals surface area contributed by atoms with Crippen molar-refractivity contribution in [3.05, 3.63) is 60.3 Å². The summed E-state index contributed by atoms with van der Waals surface area (Å²) in [6.45, 7) is 0.141. The van der Waals surface area contributed by atoms with Gasteiger partial charge in [-0.3, -0.25) is 0 Å². The van der Waals surface area contributed by atoms with Crippen LogP contribution in [0.2, 0.25) is 0 Å². The first-order valence-corrected chi connectivity index (χ1v) is 9.91. The van der Waals surface area contributed by atoms with Gasteiger partial charge in [0, 0.05) is 17.9 Å². The quantitative estimate of drug-likeness (QED) is 0.659. The molecule has 1 aromatic heterocycles. The second kappa shape index (κ2) is 7.43. The number of nitrogens with one attached hydrogen (secondary N) is 1. The third kappa shape index (κ3) is 3.88. The standard InChI is InChI=1S/C19H16N4O3S/c1-27(25,26)16-8-6-14(7-9-16)19-12-15(13-20)22-23(19)18-5-3-2-4-17(18)21-10-11-24/h2-9,11-12,21H,10H2,1H3. The molecule has 0 saturated heterocycles. The molecule has 0 saturated carbocycles. The molecule has 0 radical (unpaired) electrons. The van der Waals surface area contributed by atoms with E-state index in [9.17, 15) is 18.5 Å². The van der Waals surface area contributed by atoms with E-state index >= 15 is 0 Å². The molecule has 0 atom stereocenters. The molecule has 136 valence electrons. The number of aldehydes is 1. The van der Waals surface area contributed by atoms with E-state index in [0.717, 1.165) is 12.5 Å². The first-order valence-electron chi connectivity index (χ1n) is 8.01. The van der Waals surface area contributed by atoms with Crippen molar-refractivity contribution in [1.82, 2.24) is 9.78 Å². The summed E-state index contributed by atoms with van der Waals surface area (Å²) in [4.78, 5) is 10.9. The van der Waals surface area contributed by atoms with E-state index in [1.54, 1.807) is 22.9 Å². The van der Waals surface area contributed by atoms with Crippen LogP contribution in [0.3, 0.4) is 0 Å². The monoisotopic (exact) mass is 380 g/mol. The number of nitrogens with zero attached hydrogens (tertiary/aromatic N) is 3. The van der Waals surface area contributed by atoms with E-state index in [1.165, 1.54) is 12.1 Å². The zero-order valence-electron chi connectivity index (χ0n) is 14.5. The van der Waals surface area contributed by atoms with Crippen LogP contribution < -0.4 is 5.32 Å². The minimum Gasteiger partial charge on any atom is -0.377 e. The number of hydrogen-bond donors (Lipinski definition) is 1. The molecule has 7 nitrogen and oxygen atoms in total. The first kappa shape index (κ1) is 18.4. The normalized spacial score (nSPS) is 11.0. The van der Waals surface area contributed by atoms with Crippen molar-refractivity contribution in [3.8, 4) is 23.0 Å². The molecular weight excluding hydrogens is 364 g/mol. The number of anilines is 1. The molecule has 1 N–H and O–H groups in total. The van der Waals surface area contributed by atoms with Crippen LogP contribution in [0.5, 0.6) is 0 Å². The molecule has 0 aliphatic heterocycles. The van der Waals surface area contributed by atoms with Gasteiger partial charge in [0.25, 0.3) is 0 Å². The zero-order valence-corrected chi connectivity index (χ0v) is 15.3. The Bertz CT molecular complexity index is 1130. The fourth-order valence-corrected chi connectivity index (χ4v) is 3.29. The maximum Gasteiger partial charge on any atom is 0.175 e. The molecule has 0 bridgehead atoms. The average molecular weight is 380 g/mol. The van der Waals surface area contributed by atoms with E-state index in [1.807, 2.05) is 30.3 Å². The maximum atomic E-state index is 11.7. The van der Waals surface area contributed by atoms with Crippen LogP contribution in [0.4, 0.5) is 5.69 Å². The Morgan fingerprint density at radius 1 is 1.19 bits per heavy atom. The van der Waals surface area contributed by atoms with Crippen LogP contribution in [-0.2, 0) is 14.6 Å². The lowest BCUT2D eigenvalue weighted by Crippen LogP contribution is -2.08. The van der Waals surface area contributed by atoms with Crippen LogP contribution in [0.15, 0.2) is 59.5 Å². The van der Waals surface area contributed by atoms with Gasteiger partial charge in [0.05, 0.1) is 28.5 Å². The van der Waals surface area contributed by atoms with Gasteiger partial charge in [0.1, 0.15) is 12.4 Å². The predicted octanol–water partition coefficient (Wildman–Crippen LogP) is 2.43. The summed E-state index contributed by atoms with van der Waals surface area (Å²) >= 11 is 0. The Labute approximate surface area is 156 Å². The maximum absolute atomic E-state index is 11.7. The molecule has 3 rings (SSSR count). The number of para-hydroxylation sites is 2. The molecule has 2 aromatic carbocycles. The van der Waals surface area contributed by atoms with Gasteiger partial charge in [-0.25, -0.2) is 13.1 Å². The fourth-order valence-electron chi connectivity index (χ4n) is 2.66. The number of sulfone groups is 1. The number of carbonyl (C=O) groups is 1. The van der Waals surface area contributed by atoms with Gasteiger partial charge in [-0.05, 0) is 24.3 Å². The number of aromatic nitrogens is 2. The summed E-state index contributed by atoms with van der Waals surface area (Å²) in [6.07, 6.45) is 1.90. The Hall–Kier alpha value is -3.44. The molecule has 27 heavy (non-hydrogen) atoms. The molecule has 3 aromatic rings. The van der Waals surface area contributed by atoms with Gasteiger partial charge in [0.2, 0.25) is 0 Å². The molecule has 8 heteroatoms. The van der Waals surface area contributed by atoms with E-state index in [4.69, 9.17) is 0 Å². The number of hydrogen-bond acceptors (Lipinski definition) is 6. The molecule has 0 unspecified atom stereocenters. The molecule has 0 amide bonds. The van der Waals surface area contributed by atoms with Crippen LogP contribution in [0.1, 0.15) is 5.69 Å². The van der Waals surface area contributed by atoms with Crippen LogP contribution in [0, 0.1) is 11.3 Å². The lowest BCUT2D eigenvalue weighted by atomic mass is 10.1. The fraction of sp³-hybridized carbons (Fsp3) is 0.105. The summed E-state index contributed by atoms with van der Waals surface area (Å²) in [5, 5.41) is 16.6. The highest BCUT2D eigenvalue weighted by molar-refractivity contribution is 7.90. The number of nitriles is 1. The average Bonchev–Trinajstić information content (AvgIpc) is 3.10. The van der Waals surface area contributed by atoms with Crippen molar-refractivity contribution in [3.63, 3.8) is 0 Å². The summed E-state index contributed by atoms with van der Waals surface area (Å²) in [7, 11) is -3.30. The second-order valence-electron chi connectivity index (χ2n) is 5.80. The molecule has 0 spiro atoms. The Balaban J connectivity index is 2.13. The summed E-state index contributed by atoms with van der Waals surface area (Å²) in [6, 6.07) is 17.3. The van der Waals surface area contributed by atoms with Crippen molar-refractivity contribution < 1.29 is 13.2 Å². The lowest BCUT2D eigenvalue weighted by Gasteiger charge is -2.13. The molecule has 1 heterocycles. The van der Waals surface area contributed by atoms with Gasteiger partial charge >= 0.3 is 0 Å². The Morgan fingerprint density at radius 3 is 2.52 bits per heavy atom. The second-order valence-corrected chi connectivity index (χ2v) is 7.82. The highest BCUT2D eigenvalue weighted by atomic mass is 32.2. The highest BCUT2D eigenvalue weighted by Gasteiger charge is 2.15.